The van der Waals surface area contributed by atoms with Gasteiger partial charge in [0.15, 0.2) is 0 Å². The Balaban J connectivity index is 5.60. The standard InChI is InChI=1S/C14H13F13O3/c1-6(2)8(29)30-5-7(28)3-4-9(15,16)10(17,18)11(19,20)12(21,22)13(23,24)14(25,26)27/h7,28H,1,3-5H2,2H3. The van der Waals surface area contributed by atoms with Crippen LogP contribution in [0.5, 0.6) is 0 Å². The zero-order valence-electron chi connectivity index (χ0n) is 14.6. The van der Waals surface area contributed by atoms with Crippen molar-refractivity contribution in [1.82, 2.24) is 0 Å². The molecular weight excluding hydrogens is 463 g/mol. The van der Waals surface area contributed by atoms with Crippen LogP contribution in [0.15, 0.2) is 12.2 Å². The second-order valence-electron chi connectivity index (χ2n) is 6.07. The minimum Gasteiger partial charge on any atom is -0.460 e. The quantitative estimate of drug-likeness (QED) is 0.275. The molecular formula is C14H13F13O3. The van der Waals surface area contributed by atoms with Crippen LogP contribution in [0.3, 0.4) is 0 Å². The summed E-state index contributed by atoms with van der Waals surface area (Å²) >= 11 is 0. The van der Waals surface area contributed by atoms with Crippen molar-refractivity contribution in [2.24, 2.45) is 0 Å². The summed E-state index contributed by atoms with van der Waals surface area (Å²) in [6, 6.07) is 0. The van der Waals surface area contributed by atoms with E-state index in [1.165, 1.54) is 0 Å². The summed E-state index contributed by atoms with van der Waals surface area (Å²) in [7, 11) is 0. The number of ether oxygens (including phenoxy) is 1. The van der Waals surface area contributed by atoms with Crippen LogP contribution < -0.4 is 0 Å². The molecule has 1 atom stereocenters. The molecule has 3 nitrogen and oxygen atoms in total. The number of hydrogen-bond donors (Lipinski definition) is 1. The van der Waals surface area contributed by atoms with Gasteiger partial charge in [0, 0.05) is 12.0 Å². The van der Waals surface area contributed by atoms with Gasteiger partial charge in [0.05, 0.1) is 6.10 Å². The summed E-state index contributed by atoms with van der Waals surface area (Å²) in [6.45, 7) is 3.01. The highest BCUT2D eigenvalue weighted by atomic mass is 19.4. The summed E-state index contributed by atoms with van der Waals surface area (Å²) < 4.78 is 172. The normalized spacial score (nSPS) is 15.7. The van der Waals surface area contributed by atoms with E-state index in [0.29, 0.717) is 0 Å². The van der Waals surface area contributed by atoms with Gasteiger partial charge >= 0.3 is 41.8 Å². The lowest BCUT2D eigenvalue weighted by molar-refractivity contribution is -0.440. The number of halogens is 13. The second kappa shape index (κ2) is 8.42. The number of carbonyl (C=O) groups is 1. The number of alkyl halides is 13. The molecule has 0 heterocycles. The second-order valence-corrected chi connectivity index (χ2v) is 6.07. The molecule has 0 aromatic heterocycles. The van der Waals surface area contributed by atoms with E-state index in [9.17, 15) is 67.0 Å². The van der Waals surface area contributed by atoms with E-state index in [1.54, 1.807) is 0 Å². The third-order valence-electron chi connectivity index (χ3n) is 3.55. The Bertz CT molecular complexity index is 639. The molecule has 0 saturated carbocycles. The van der Waals surface area contributed by atoms with Gasteiger partial charge in [0.25, 0.3) is 0 Å². The van der Waals surface area contributed by atoms with Crippen LogP contribution in [0.4, 0.5) is 57.1 Å². The maximum absolute atomic E-state index is 13.5. The summed E-state index contributed by atoms with van der Waals surface area (Å²) in [6.07, 6.45) is -13.9. The minimum absolute atomic E-state index is 0.258. The number of hydrogen-bond acceptors (Lipinski definition) is 3. The molecule has 0 fully saturated rings. The van der Waals surface area contributed by atoms with Gasteiger partial charge in [0.1, 0.15) is 6.61 Å². The summed E-state index contributed by atoms with van der Waals surface area (Å²) in [5.41, 5.74) is -0.258. The van der Waals surface area contributed by atoms with Crippen LogP contribution >= 0.6 is 0 Å². The number of esters is 1. The van der Waals surface area contributed by atoms with E-state index >= 15 is 0 Å². The SMILES string of the molecule is C=C(C)C(=O)OCC(O)CCC(F)(F)C(F)(F)C(F)(F)C(F)(F)C(F)(F)C(F)(F)F. The van der Waals surface area contributed by atoms with E-state index in [-0.39, 0.29) is 5.57 Å². The molecule has 0 radical (unpaired) electrons. The molecule has 0 aliphatic rings. The maximum Gasteiger partial charge on any atom is 0.460 e. The molecule has 30 heavy (non-hydrogen) atoms. The molecule has 16 heteroatoms. The van der Waals surface area contributed by atoms with Gasteiger partial charge in [-0.05, 0) is 13.3 Å². The monoisotopic (exact) mass is 476 g/mol. The molecule has 0 saturated heterocycles. The topological polar surface area (TPSA) is 46.5 Å². The van der Waals surface area contributed by atoms with Gasteiger partial charge < -0.3 is 9.84 Å². The van der Waals surface area contributed by atoms with Crippen molar-refractivity contribution in [3.8, 4) is 0 Å². The summed E-state index contributed by atoms with van der Waals surface area (Å²) in [5.74, 6) is -38.5. The Morgan fingerprint density at radius 3 is 1.60 bits per heavy atom. The largest absolute Gasteiger partial charge is 0.460 e. The average molecular weight is 476 g/mol. The molecule has 1 N–H and O–H groups in total. The molecule has 178 valence electrons. The predicted molar refractivity (Wildman–Crippen MR) is 71.8 cm³/mol. The highest BCUT2D eigenvalue weighted by molar-refractivity contribution is 5.86. The Kier molecular flexibility index (Phi) is 7.93. The zero-order chi connectivity index (χ0) is 24.6. The molecule has 0 aromatic rings. The fourth-order valence-corrected chi connectivity index (χ4v) is 1.69. The third-order valence-corrected chi connectivity index (χ3v) is 3.55. The maximum atomic E-state index is 13.5. The van der Waals surface area contributed by atoms with E-state index in [4.69, 9.17) is 0 Å². The lowest BCUT2D eigenvalue weighted by Crippen LogP contribution is -2.70. The highest BCUT2D eigenvalue weighted by Gasteiger charge is 2.90. The number of aliphatic hydroxyl groups is 1. The first-order valence-corrected chi connectivity index (χ1v) is 7.44. The fraction of sp³-hybridized carbons (Fsp3) is 0.786. The van der Waals surface area contributed by atoms with Crippen LogP contribution in [-0.2, 0) is 9.53 Å². The van der Waals surface area contributed by atoms with Crippen LogP contribution in [-0.4, -0.2) is 59.6 Å². The van der Waals surface area contributed by atoms with E-state index in [1.807, 2.05) is 0 Å². The first kappa shape index (κ1) is 28.3. The van der Waals surface area contributed by atoms with E-state index in [2.05, 4.69) is 11.3 Å². The first-order chi connectivity index (χ1) is 13.0. The number of carbonyl (C=O) groups excluding carboxylic acids is 1. The summed E-state index contributed by atoms with van der Waals surface area (Å²) in [4.78, 5) is 11.0. The Labute approximate surface area is 159 Å². The minimum atomic E-state index is -7.97. The van der Waals surface area contributed by atoms with Crippen molar-refractivity contribution < 1.29 is 71.7 Å². The lowest BCUT2D eigenvalue weighted by Gasteiger charge is -2.39. The van der Waals surface area contributed by atoms with Gasteiger partial charge in [-0.2, -0.15) is 57.1 Å². The predicted octanol–water partition coefficient (Wildman–Crippen LogP) is 4.99. The molecule has 0 bridgehead atoms. The molecule has 0 aliphatic heterocycles. The smallest absolute Gasteiger partial charge is 0.460 e. The highest BCUT2D eigenvalue weighted by Crippen LogP contribution is 2.60. The molecule has 0 spiro atoms. The van der Waals surface area contributed by atoms with Crippen molar-refractivity contribution >= 4 is 5.97 Å². The molecule has 0 aromatic carbocycles. The molecule has 0 amide bonds. The van der Waals surface area contributed by atoms with Gasteiger partial charge in [-0.3, -0.25) is 0 Å². The van der Waals surface area contributed by atoms with Gasteiger partial charge in [-0.25, -0.2) is 4.79 Å². The van der Waals surface area contributed by atoms with Crippen molar-refractivity contribution in [3.63, 3.8) is 0 Å². The molecule has 0 aliphatic carbocycles. The Morgan fingerprint density at radius 2 is 1.23 bits per heavy atom. The van der Waals surface area contributed by atoms with Crippen molar-refractivity contribution in [2.45, 2.75) is 61.7 Å². The van der Waals surface area contributed by atoms with Gasteiger partial charge in [-0.1, -0.05) is 6.58 Å². The van der Waals surface area contributed by atoms with Crippen LogP contribution in [0.1, 0.15) is 19.8 Å². The third kappa shape index (κ3) is 4.94. The number of rotatable bonds is 10. The molecule has 1 unspecified atom stereocenters. The fourth-order valence-electron chi connectivity index (χ4n) is 1.69. The lowest BCUT2D eigenvalue weighted by atomic mass is 9.91. The van der Waals surface area contributed by atoms with Crippen molar-refractivity contribution in [3.05, 3.63) is 12.2 Å². The van der Waals surface area contributed by atoms with Crippen LogP contribution in [0, 0.1) is 0 Å². The van der Waals surface area contributed by atoms with E-state index < -0.39 is 67.3 Å². The molecule has 0 rings (SSSR count). The van der Waals surface area contributed by atoms with Crippen LogP contribution in [0.25, 0.3) is 0 Å². The van der Waals surface area contributed by atoms with Crippen molar-refractivity contribution in [2.75, 3.05) is 6.61 Å². The Hall–Kier alpha value is -1.74. The van der Waals surface area contributed by atoms with Crippen molar-refractivity contribution in [1.29, 1.82) is 0 Å². The Morgan fingerprint density at radius 1 is 0.833 bits per heavy atom. The van der Waals surface area contributed by atoms with Gasteiger partial charge in [0.2, 0.25) is 0 Å². The number of aliphatic hydroxyl groups excluding tert-OH is 1. The summed E-state index contributed by atoms with van der Waals surface area (Å²) in [5, 5.41) is 9.22. The van der Waals surface area contributed by atoms with E-state index in [0.717, 1.165) is 6.92 Å². The zero-order valence-corrected chi connectivity index (χ0v) is 14.6. The van der Waals surface area contributed by atoms with Gasteiger partial charge in [-0.15, -0.1) is 0 Å². The average Bonchev–Trinajstić information content (AvgIpc) is 2.55. The first-order valence-electron chi connectivity index (χ1n) is 7.44. The van der Waals surface area contributed by atoms with Crippen LogP contribution in [0.2, 0.25) is 0 Å².